The molecule has 88 valence electrons. The lowest BCUT2D eigenvalue weighted by molar-refractivity contribution is 0.0929. The second kappa shape index (κ2) is 6.28. The van der Waals surface area contributed by atoms with Crippen molar-refractivity contribution in [1.82, 2.24) is 5.32 Å². The van der Waals surface area contributed by atoms with Gasteiger partial charge in [0.15, 0.2) is 0 Å². The number of carbonyl (C=O) groups excluding carboxylic acids is 1. The number of amides is 1. The molecule has 0 aliphatic carbocycles. The van der Waals surface area contributed by atoms with Gasteiger partial charge in [-0.2, -0.15) is 0 Å². The van der Waals surface area contributed by atoms with Gasteiger partial charge in [-0.15, -0.1) is 0 Å². The molecule has 1 rings (SSSR count). The lowest BCUT2D eigenvalue weighted by Crippen LogP contribution is -2.35. The summed E-state index contributed by atoms with van der Waals surface area (Å²) in [5, 5.41) is 11.7. The second-order valence-corrected chi connectivity index (χ2v) is 3.96. The minimum absolute atomic E-state index is 0.0544. The maximum Gasteiger partial charge on any atom is 0.251 e. The molecule has 1 atom stereocenters. The smallest absolute Gasteiger partial charge is 0.251 e. The summed E-state index contributed by atoms with van der Waals surface area (Å²) in [6.45, 7) is 4.09. The van der Waals surface area contributed by atoms with Crippen LogP contribution in [0.2, 0.25) is 0 Å². The van der Waals surface area contributed by atoms with Crippen LogP contribution >= 0.6 is 0 Å². The topological polar surface area (TPSA) is 49.3 Å². The van der Waals surface area contributed by atoms with E-state index in [1.54, 1.807) is 0 Å². The molecule has 0 unspecified atom stereocenters. The van der Waals surface area contributed by atoms with Crippen molar-refractivity contribution < 1.29 is 9.90 Å². The van der Waals surface area contributed by atoms with Crippen LogP contribution in [0.4, 0.5) is 0 Å². The van der Waals surface area contributed by atoms with E-state index < -0.39 is 0 Å². The van der Waals surface area contributed by atoms with E-state index in [1.165, 1.54) is 0 Å². The summed E-state index contributed by atoms with van der Waals surface area (Å²) in [5.41, 5.74) is 1.81. The fourth-order valence-corrected chi connectivity index (χ4v) is 1.51. The molecule has 3 nitrogen and oxygen atoms in total. The third-order valence-electron chi connectivity index (χ3n) is 2.62. The van der Waals surface area contributed by atoms with Gasteiger partial charge in [-0.05, 0) is 31.9 Å². The number of benzene rings is 1. The Bertz CT molecular complexity index is 332. The maximum absolute atomic E-state index is 11.8. The number of aryl methyl sites for hydroxylation is 1. The Balaban J connectivity index is 2.60. The molecular formula is C13H19NO2. The average Bonchev–Trinajstić information content (AvgIpc) is 2.29. The van der Waals surface area contributed by atoms with E-state index in [0.29, 0.717) is 12.0 Å². The van der Waals surface area contributed by atoms with Crippen molar-refractivity contribution in [2.45, 2.75) is 32.7 Å². The van der Waals surface area contributed by atoms with Gasteiger partial charge < -0.3 is 10.4 Å². The molecule has 0 aliphatic rings. The average molecular weight is 221 g/mol. The van der Waals surface area contributed by atoms with Gasteiger partial charge in [-0.1, -0.05) is 24.6 Å². The first-order chi connectivity index (χ1) is 7.67. The van der Waals surface area contributed by atoms with E-state index in [2.05, 4.69) is 5.32 Å². The number of hydrogen-bond acceptors (Lipinski definition) is 2. The molecular weight excluding hydrogens is 202 g/mol. The first kappa shape index (κ1) is 12.7. The molecule has 3 heteroatoms. The molecule has 2 N–H and O–H groups in total. The van der Waals surface area contributed by atoms with Crippen LogP contribution in [0.25, 0.3) is 0 Å². The molecule has 0 spiro atoms. The molecule has 1 aromatic carbocycles. The predicted octanol–water partition coefficient (Wildman–Crippen LogP) is 1.89. The van der Waals surface area contributed by atoms with Gasteiger partial charge in [0, 0.05) is 18.2 Å². The maximum atomic E-state index is 11.8. The number of rotatable bonds is 5. The Labute approximate surface area is 96.5 Å². The monoisotopic (exact) mass is 221 g/mol. The molecule has 0 heterocycles. The fraction of sp³-hybridized carbons (Fsp3) is 0.462. The van der Waals surface area contributed by atoms with Crippen molar-refractivity contribution in [3.63, 3.8) is 0 Å². The molecule has 0 aromatic heterocycles. The number of nitrogens with one attached hydrogen (secondary N) is 1. The summed E-state index contributed by atoms with van der Waals surface area (Å²) < 4.78 is 0. The lowest BCUT2D eigenvalue weighted by atomic mass is 10.1. The minimum Gasteiger partial charge on any atom is -0.396 e. The van der Waals surface area contributed by atoms with Gasteiger partial charge >= 0.3 is 0 Å². The van der Waals surface area contributed by atoms with E-state index in [-0.39, 0.29) is 18.6 Å². The highest BCUT2D eigenvalue weighted by molar-refractivity contribution is 5.94. The lowest BCUT2D eigenvalue weighted by Gasteiger charge is -2.15. The van der Waals surface area contributed by atoms with Crippen molar-refractivity contribution in [2.75, 3.05) is 6.61 Å². The molecule has 0 radical (unpaired) electrons. The van der Waals surface area contributed by atoms with Gasteiger partial charge in [-0.25, -0.2) is 0 Å². The van der Waals surface area contributed by atoms with Gasteiger partial charge in [0.2, 0.25) is 0 Å². The van der Waals surface area contributed by atoms with Crippen molar-refractivity contribution >= 4 is 5.91 Å². The van der Waals surface area contributed by atoms with Crippen molar-refractivity contribution in [3.05, 3.63) is 35.4 Å². The zero-order valence-corrected chi connectivity index (χ0v) is 9.86. The number of aliphatic hydroxyl groups is 1. The summed E-state index contributed by atoms with van der Waals surface area (Å²) in [6, 6.07) is 7.52. The molecule has 1 aromatic rings. The number of aliphatic hydroxyl groups excluding tert-OH is 1. The van der Waals surface area contributed by atoms with Crippen LogP contribution in [0.5, 0.6) is 0 Å². The third kappa shape index (κ3) is 3.66. The SMILES string of the molecule is CC[C@@H](CCO)NC(=O)c1ccc(C)cc1. The molecule has 0 saturated heterocycles. The Hall–Kier alpha value is -1.35. The molecule has 0 aliphatic heterocycles. The van der Waals surface area contributed by atoms with Crippen LogP contribution < -0.4 is 5.32 Å². The Morgan fingerprint density at radius 1 is 1.38 bits per heavy atom. The van der Waals surface area contributed by atoms with Crippen LogP contribution in [0.3, 0.4) is 0 Å². The molecule has 16 heavy (non-hydrogen) atoms. The Kier molecular flexibility index (Phi) is 4.99. The molecule has 0 saturated carbocycles. The number of carbonyl (C=O) groups is 1. The van der Waals surface area contributed by atoms with Gasteiger partial charge in [0.05, 0.1) is 0 Å². The van der Waals surface area contributed by atoms with Crippen molar-refractivity contribution in [2.24, 2.45) is 0 Å². The first-order valence-electron chi connectivity index (χ1n) is 5.65. The van der Waals surface area contributed by atoms with Gasteiger partial charge in [-0.3, -0.25) is 4.79 Å². The second-order valence-electron chi connectivity index (χ2n) is 3.96. The van der Waals surface area contributed by atoms with E-state index in [1.807, 2.05) is 38.1 Å². The normalized spacial score (nSPS) is 12.2. The van der Waals surface area contributed by atoms with Crippen molar-refractivity contribution in [3.8, 4) is 0 Å². The molecule has 0 fully saturated rings. The summed E-state index contributed by atoms with van der Waals surface area (Å²) in [5.74, 6) is -0.0692. The zero-order valence-electron chi connectivity index (χ0n) is 9.86. The predicted molar refractivity (Wildman–Crippen MR) is 64.4 cm³/mol. The van der Waals surface area contributed by atoms with Gasteiger partial charge in [0.25, 0.3) is 5.91 Å². The minimum atomic E-state index is -0.0692. The quantitative estimate of drug-likeness (QED) is 0.797. The summed E-state index contributed by atoms with van der Waals surface area (Å²) in [7, 11) is 0. The van der Waals surface area contributed by atoms with E-state index in [9.17, 15) is 4.79 Å². The highest BCUT2D eigenvalue weighted by atomic mass is 16.3. The standard InChI is InChI=1S/C13H19NO2/c1-3-12(8-9-15)14-13(16)11-6-4-10(2)5-7-11/h4-7,12,15H,3,8-9H2,1-2H3,(H,14,16)/t12-/m0/s1. The van der Waals surface area contributed by atoms with Crippen LogP contribution in [0.1, 0.15) is 35.7 Å². The summed E-state index contributed by atoms with van der Waals surface area (Å²) >= 11 is 0. The highest BCUT2D eigenvalue weighted by Crippen LogP contribution is 2.05. The van der Waals surface area contributed by atoms with Gasteiger partial charge in [0.1, 0.15) is 0 Å². The van der Waals surface area contributed by atoms with Crippen LogP contribution in [-0.2, 0) is 0 Å². The van der Waals surface area contributed by atoms with E-state index >= 15 is 0 Å². The molecule has 1 amide bonds. The Morgan fingerprint density at radius 2 is 2.00 bits per heavy atom. The number of hydrogen-bond donors (Lipinski definition) is 2. The van der Waals surface area contributed by atoms with Crippen LogP contribution in [0.15, 0.2) is 24.3 Å². The zero-order chi connectivity index (χ0) is 12.0. The van der Waals surface area contributed by atoms with Crippen LogP contribution in [-0.4, -0.2) is 23.7 Å². The highest BCUT2D eigenvalue weighted by Gasteiger charge is 2.11. The van der Waals surface area contributed by atoms with E-state index in [0.717, 1.165) is 12.0 Å². The summed E-state index contributed by atoms with van der Waals surface area (Å²) in [4.78, 5) is 11.8. The Morgan fingerprint density at radius 3 is 2.50 bits per heavy atom. The summed E-state index contributed by atoms with van der Waals surface area (Å²) in [6.07, 6.45) is 1.44. The third-order valence-corrected chi connectivity index (χ3v) is 2.62. The fourth-order valence-electron chi connectivity index (χ4n) is 1.51. The van der Waals surface area contributed by atoms with Crippen LogP contribution in [0, 0.1) is 6.92 Å². The largest absolute Gasteiger partial charge is 0.396 e. The van der Waals surface area contributed by atoms with E-state index in [4.69, 9.17) is 5.11 Å². The molecule has 0 bridgehead atoms. The van der Waals surface area contributed by atoms with Crippen molar-refractivity contribution in [1.29, 1.82) is 0 Å². The first-order valence-corrected chi connectivity index (χ1v) is 5.65.